The fourth-order valence-electron chi connectivity index (χ4n) is 1.41. The van der Waals surface area contributed by atoms with Gasteiger partial charge in [0.05, 0.1) is 13.2 Å². The molecule has 2 N–H and O–H groups in total. The minimum absolute atomic E-state index is 0.252. The summed E-state index contributed by atoms with van der Waals surface area (Å²) in [7, 11) is 1.63. The minimum Gasteiger partial charge on any atom is -0.493 e. The number of hydrogen-bond acceptors (Lipinski definition) is 4. The summed E-state index contributed by atoms with van der Waals surface area (Å²) >= 11 is 0. The van der Waals surface area contributed by atoms with E-state index < -0.39 is 0 Å². The highest BCUT2D eigenvalue weighted by atomic mass is 16.5. The van der Waals surface area contributed by atoms with Crippen molar-refractivity contribution < 1.29 is 14.6 Å². The van der Waals surface area contributed by atoms with Crippen LogP contribution >= 0.6 is 0 Å². The topological polar surface area (TPSA) is 50.7 Å². The van der Waals surface area contributed by atoms with Gasteiger partial charge in [0.15, 0.2) is 11.5 Å². The van der Waals surface area contributed by atoms with E-state index in [0.717, 1.165) is 31.0 Å². The number of hydrogen-bond donors (Lipinski definition) is 2. The van der Waals surface area contributed by atoms with Crippen molar-refractivity contribution in [3.05, 3.63) is 24.3 Å². The molecule has 0 aromatic heterocycles. The van der Waals surface area contributed by atoms with Crippen LogP contribution in [0.3, 0.4) is 0 Å². The zero-order chi connectivity index (χ0) is 12.5. The van der Waals surface area contributed by atoms with Gasteiger partial charge in [-0.05, 0) is 32.0 Å². The third kappa shape index (κ3) is 5.56. The van der Waals surface area contributed by atoms with Gasteiger partial charge in [-0.15, -0.1) is 0 Å². The first kappa shape index (κ1) is 13.8. The molecule has 0 aliphatic carbocycles. The van der Waals surface area contributed by atoms with E-state index in [1.165, 1.54) is 0 Å². The van der Waals surface area contributed by atoms with Crippen LogP contribution in [0.5, 0.6) is 11.5 Å². The lowest BCUT2D eigenvalue weighted by Crippen LogP contribution is -2.24. The summed E-state index contributed by atoms with van der Waals surface area (Å²) in [5.41, 5.74) is 0. The highest BCUT2D eigenvalue weighted by Crippen LogP contribution is 2.25. The number of aliphatic hydroxyl groups is 1. The lowest BCUT2D eigenvalue weighted by Gasteiger charge is -2.11. The van der Waals surface area contributed by atoms with Gasteiger partial charge in [-0.2, -0.15) is 0 Å². The molecule has 4 heteroatoms. The van der Waals surface area contributed by atoms with Crippen LogP contribution in [0, 0.1) is 0 Å². The van der Waals surface area contributed by atoms with E-state index in [1.54, 1.807) is 14.0 Å². The summed E-state index contributed by atoms with van der Waals surface area (Å²) in [6, 6.07) is 7.58. The molecule has 0 aliphatic rings. The molecule has 1 aromatic carbocycles. The Bertz CT molecular complexity index is 315. The fourth-order valence-corrected chi connectivity index (χ4v) is 1.41. The molecular formula is C13H21NO3. The Labute approximate surface area is 103 Å². The SMILES string of the molecule is COc1ccccc1OCCNCCC(C)O. The molecule has 0 amide bonds. The van der Waals surface area contributed by atoms with Crippen molar-refractivity contribution in [1.29, 1.82) is 0 Å². The van der Waals surface area contributed by atoms with E-state index in [4.69, 9.17) is 14.6 Å². The van der Waals surface area contributed by atoms with Crippen LogP contribution in [-0.2, 0) is 0 Å². The normalized spacial score (nSPS) is 12.2. The van der Waals surface area contributed by atoms with Crippen LogP contribution < -0.4 is 14.8 Å². The maximum Gasteiger partial charge on any atom is 0.161 e. The van der Waals surface area contributed by atoms with Gasteiger partial charge in [-0.1, -0.05) is 12.1 Å². The second kappa shape index (κ2) is 7.92. The number of rotatable bonds is 8. The van der Waals surface area contributed by atoms with Crippen molar-refractivity contribution in [2.45, 2.75) is 19.4 Å². The number of nitrogens with one attached hydrogen (secondary N) is 1. The Morgan fingerprint density at radius 1 is 1.24 bits per heavy atom. The van der Waals surface area contributed by atoms with Crippen molar-refractivity contribution in [2.24, 2.45) is 0 Å². The number of ether oxygens (including phenoxy) is 2. The Morgan fingerprint density at radius 2 is 1.94 bits per heavy atom. The fraction of sp³-hybridized carbons (Fsp3) is 0.538. The third-order valence-electron chi connectivity index (χ3n) is 2.34. The first-order chi connectivity index (χ1) is 8.24. The van der Waals surface area contributed by atoms with Gasteiger partial charge in [-0.25, -0.2) is 0 Å². The van der Waals surface area contributed by atoms with Crippen LogP contribution in [0.15, 0.2) is 24.3 Å². The Hall–Kier alpha value is -1.26. The summed E-state index contributed by atoms with van der Waals surface area (Å²) < 4.78 is 10.8. The molecule has 0 fully saturated rings. The molecule has 0 saturated heterocycles. The molecule has 0 bridgehead atoms. The number of benzene rings is 1. The number of methoxy groups -OCH3 is 1. The standard InChI is InChI=1S/C13H21NO3/c1-11(15)7-8-14-9-10-17-13-6-4-3-5-12(13)16-2/h3-6,11,14-15H,7-10H2,1-2H3. The van der Waals surface area contributed by atoms with Crippen LogP contribution in [-0.4, -0.2) is 38.0 Å². The zero-order valence-electron chi connectivity index (χ0n) is 10.5. The molecule has 1 aromatic rings. The van der Waals surface area contributed by atoms with Crippen LogP contribution in [0.25, 0.3) is 0 Å². The summed E-state index contributed by atoms with van der Waals surface area (Å²) in [6.45, 7) is 3.92. The molecular weight excluding hydrogens is 218 g/mol. The summed E-state index contributed by atoms with van der Waals surface area (Å²) in [5.74, 6) is 1.50. The van der Waals surface area contributed by atoms with Gasteiger partial charge in [-0.3, -0.25) is 0 Å². The van der Waals surface area contributed by atoms with Crippen LogP contribution in [0.1, 0.15) is 13.3 Å². The van der Waals surface area contributed by atoms with E-state index in [-0.39, 0.29) is 6.10 Å². The molecule has 1 rings (SSSR count). The quantitative estimate of drug-likeness (QED) is 0.674. The smallest absolute Gasteiger partial charge is 0.161 e. The molecule has 0 spiro atoms. The van der Waals surface area contributed by atoms with E-state index >= 15 is 0 Å². The van der Waals surface area contributed by atoms with Crippen LogP contribution in [0.4, 0.5) is 0 Å². The maximum atomic E-state index is 9.07. The van der Waals surface area contributed by atoms with Gasteiger partial charge < -0.3 is 19.9 Å². The van der Waals surface area contributed by atoms with Crippen molar-refractivity contribution in [2.75, 3.05) is 26.8 Å². The first-order valence-electron chi connectivity index (χ1n) is 5.88. The highest BCUT2D eigenvalue weighted by Gasteiger charge is 2.01. The Morgan fingerprint density at radius 3 is 2.59 bits per heavy atom. The van der Waals surface area contributed by atoms with Crippen molar-refractivity contribution in [3.63, 3.8) is 0 Å². The molecule has 17 heavy (non-hydrogen) atoms. The molecule has 0 saturated carbocycles. The van der Waals surface area contributed by atoms with Crippen molar-refractivity contribution >= 4 is 0 Å². The summed E-state index contributed by atoms with van der Waals surface area (Å²) in [5, 5.41) is 12.3. The molecule has 1 atom stereocenters. The predicted octanol–water partition coefficient (Wildman–Crippen LogP) is 1.43. The largest absolute Gasteiger partial charge is 0.493 e. The van der Waals surface area contributed by atoms with E-state index in [9.17, 15) is 0 Å². The Kier molecular flexibility index (Phi) is 6.43. The van der Waals surface area contributed by atoms with E-state index in [1.807, 2.05) is 24.3 Å². The number of aliphatic hydroxyl groups excluding tert-OH is 1. The van der Waals surface area contributed by atoms with E-state index in [2.05, 4.69) is 5.32 Å². The summed E-state index contributed by atoms with van der Waals surface area (Å²) in [4.78, 5) is 0. The van der Waals surface area contributed by atoms with Gasteiger partial charge >= 0.3 is 0 Å². The zero-order valence-corrected chi connectivity index (χ0v) is 10.5. The average Bonchev–Trinajstić information content (AvgIpc) is 2.33. The molecule has 4 nitrogen and oxygen atoms in total. The minimum atomic E-state index is -0.252. The van der Waals surface area contributed by atoms with Gasteiger partial charge in [0.2, 0.25) is 0 Å². The van der Waals surface area contributed by atoms with Gasteiger partial charge in [0.25, 0.3) is 0 Å². The van der Waals surface area contributed by atoms with Gasteiger partial charge in [0.1, 0.15) is 6.61 Å². The highest BCUT2D eigenvalue weighted by molar-refractivity contribution is 5.39. The Balaban J connectivity index is 2.17. The monoisotopic (exact) mass is 239 g/mol. The number of para-hydroxylation sites is 2. The van der Waals surface area contributed by atoms with Crippen molar-refractivity contribution in [3.8, 4) is 11.5 Å². The second-order valence-corrected chi connectivity index (χ2v) is 3.89. The molecule has 0 heterocycles. The average molecular weight is 239 g/mol. The second-order valence-electron chi connectivity index (χ2n) is 3.89. The first-order valence-corrected chi connectivity index (χ1v) is 5.88. The van der Waals surface area contributed by atoms with Gasteiger partial charge in [0, 0.05) is 6.54 Å². The molecule has 0 radical (unpaired) electrons. The van der Waals surface area contributed by atoms with E-state index in [0.29, 0.717) is 6.61 Å². The lowest BCUT2D eigenvalue weighted by molar-refractivity contribution is 0.182. The maximum absolute atomic E-state index is 9.07. The molecule has 1 unspecified atom stereocenters. The molecule has 96 valence electrons. The summed E-state index contributed by atoms with van der Waals surface area (Å²) in [6.07, 6.45) is 0.506. The van der Waals surface area contributed by atoms with Crippen molar-refractivity contribution in [1.82, 2.24) is 5.32 Å². The molecule has 0 aliphatic heterocycles. The predicted molar refractivity (Wildman–Crippen MR) is 67.7 cm³/mol. The third-order valence-corrected chi connectivity index (χ3v) is 2.34. The lowest BCUT2D eigenvalue weighted by atomic mass is 10.3. The van der Waals surface area contributed by atoms with Crippen LogP contribution in [0.2, 0.25) is 0 Å².